The van der Waals surface area contributed by atoms with E-state index >= 15 is 0 Å². The third-order valence-electron chi connectivity index (χ3n) is 1.80. The maximum absolute atomic E-state index is 10.9. The van der Waals surface area contributed by atoms with E-state index in [1.807, 2.05) is 0 Å². The standard InChI is InChI=1S/C8H12N2O3S/c1-5-6(2)9-7(10-8(5)11)4-14(3,12)13/h4H2,1-3H3,(H,9,10,11). The second kappa shape index (κ2) is 3.53. The summed E-state index contributed by atoms with van der Waals surface area (Å²) in [6.07, 6.45) is 1.10. The van der Waals surface area contributed by atoms with Gasteiger partial charge in [-0.2, -0.15) is 4.98 Å². The average molecular weight is 216 g/mol. The van der Waals surface area contributed by atoms with Crippen LogP contribution in [-0.2, 0) is 15.6 Å². The van der Waals surface area contributed by atoms with Gasteiger partial charge in [-0.05, 0) is 13.8 Å². The van der Waals surface area contributed by atoms with Crippen LogP contribution in [0.3, 0.4) is 0 Å². The molecule has 0 saturated carbocycles. The molecule has 0 aromatic carbocycles. The predicted molar refractivity (Wildman–Crippen MR) is 51.7 cm³/mol. The monoisotopic (exact) mass is 216 g/mol. The molecule has 0 radical (unpaired) electrons. The molecular formula is C8H12N2O3S. The molecule has 0 aliphatic carbocycles. The van der Waals surface area contributed by atoms with Crippen LogP contribution in [0.1, 0.15) is 17.1 Å². The van der Waals surface area contributed by atoms with Crippen LogP contribution in [0, 0.1) is 13.8 Å². The number of hydrogen-bond donors (Lipinski definition) is 1. The molecule has 0 fully saturated rings. The Bertz CT molecular complexity index is 431. The molecule has 1 aromatic rings. The van der Waals surface area contributed by atoms with Gasteiger partial charge in [-0.15, -0.1) is 0 Å². The van der Waals surface area contributed by atoms with Crippen LogP contribution in [0.2, 0.25) is 0 Å². The third kappa shape index (κ3) is 2.66. The highest BCUT2D eigenvalue weighted by Gasteiger charge is 2.11. The molecule has 1 aromatic heterocycles. The lowest BCUT2D eigenvalue weighted by Gasteiger charge is -2.04. The minimum atomic E-state index is -3.16. The number of aromatic hydroxyl groups is 1. The van der Waals surface area contributed by atoms with Crippen molar-refractivity contribution >= 4 is 9.84 Å². The molecule has 1 N–H and O–H groups in total. The fourth-order valence-corrected chi connectivity index (χ4v) is 1.57. The number of aryl methyl sites for hydroxylation is 1. The molecule has 0 spiro atoms. The van der Waals surface area contributed by atoms with Crippen LogP contribution in [-0.4, -0.2) is 29.7 Å². The maximum Gasteiger partial charge on any atom is 0.217 e. The second-order valence-electron chi connectivity index (χ2n) is 3.24. The molecular weight excluding hydrogens is 204 g/mol. The Morgan fingerprint density at radius 2 is 1.86 bits per heavy atom. The number of hydrogen-bond acceptors (Lipinski definition) is 5. The van der Waals surface area contributed by atoms with Gasteiger partial charge < -0.3 is 5.11 Å². The van der Waals surface area contributed by atoms with E-state index in [4.69, 9.17) is 0 Å². The van der Waals surface area contributed by atoms with Crippen molar-refractivity contribution in [1.82, 2.24) is 9.97 Å². The van der Waals surface area contributed by atoms with E-state index in [1.165, 1.54) is 0 Å². The summed E-state index contributed by atoms with van der Waals surface area (Å²) in [4.78, 5) is 7.65. The van der Waals surface area contributed by atoms with Gasteiger partial charge in [-0.1, -0.05) is 0 Å². The van der Waals surface area contributed by atoms with Crippen molar-refractivity contribution in [3.63, 3.8) is 0 Å². The number of aromatic nitrogens is 2. The van der Waals surface area contributed by atoms with E-state index in [9.17, 15) is 13.5 Å². The molecule has 1 heterocycles. The minimum Gasteiger partial charge on any atom is -0.493 e. The molecule has 14 heavy (non-hydrogen) atoms. The van der Waals surface area contributed by atoms with Crippen LogP contribution >= 0.6 is 0 Å². The van der Waals surface area contributed by atoms with Gasteiger partial charge in [0.1, 0.15) is 11.6 Å². The first-order valence-corrected chi connectivity index (χ1v) is 6.06. The molecule has 1 rings (SSSR count). The van der Waals surface area contributed by atoms with Gasteiger partial charge in [-0.25, -0.2) is 13.4 Å². The van der Waals surface area contributed by atoms with Gasteiger partial charge in [0.05, 0.1) is 0 Å². The van der Waals surface area contributed by atoms with Gasteiger partial charge in [0, 0.05) is 17.5 Å². The maximum atomic E-state index is 10.9. The quantitative estimate of drug-likeness (QED) is 0.771. The fraction of sp³-hybridized carbons (Fsp3) is 0.500. The molecule has 0 bridgehead atoms. The predicted octanol–water partition coefficient (Wildman–Crippen LogP) is 0.344. The lowest BCUT2D eigenvalue weighted by molar-refractivity contribution is 0.444. The van der Waals surface area contributed by atoms with E-state index in [1.54, 1.807) is 13.8 Å². The summed E-state index contributed by atoms with van der Waals surface area (Å²) in [5.41, 5.74) is 1.17. The molecule has 0 amide bonds. The summed E-state index contributed by atoms with van der Waals surface area (Å²) < 4.78 is 21.9. The number of nitrogens with zero attached hydrogens (tertiary/aromatic N) is 2. The van der Waals surface area contributed by atoms with Gasteiger partial charge in [-0.3, -0.25) is 0 Å². The molecule has 5 nitrogen and oxygen atoms in total. The molecule has 0 unspecified atom stereocenters. The van der Waals surface area contributed by atoms with E-state index in [-0.39, 0.29) is 17.5 Å². The lowest BCUT2D eigenvalue weighted by Crippen LogP contribution is -2.07. The Morgan fingerprint density at radius 1 is 1.29 bits per heavy atom. The van der Waals surface area contributed by atoms with Crippen molar-refractivity contribution in [2.45, 2.75) is 19.6 Å². The molecule has 0 aliphatic heterocycles. The highest BCUT2D eigenvalue weighted by Crippen LogP contribution is 2.15. The van der Waals surface area contributed by atoms with Crippen molar-refractivity contribution in [3.8, 4) is 5.88 Å². The highest BCUT2D eigenvalue weighted by molar-refractivity contribution is 7.89. The van der Waals surface area contributed by atoms with Gasteiger partial charge in [0.2, 0.25) is 5.88 Å². The summed E-state index contributed by atoms with van der Waals surface area (Å²) in [5.74, 6) is -0.272. The number of sulfone groups is 1. The topological polar surface area (TPSA) is 80.2 Å². The Kier molecular flexibility index (Phi) is 2.75. The van der Waals surface area contributed by atoms with Crippen LogP contribution in [0.4, 0.5) is 0 Å². The summed E-state index contributed by atoms with van der Waals surface area (Å²) in [5, 5.41) is 9.33. The summed E-state index contributed by atoms with van der Waals surface area (Å²) >= 11 is 0. The summed E-state index contributed by atoms with van der Waals surface area (Å²) in [6, 6.07) is 0. The molecule has 0 atom stereocenters. The minimum absolute atomic E-state index is 0.133. The first kappa shape index (κ1) is 10.9. The molecule has 6 heteroatoms. The van der Waals surface area contributed by atoms with Gasteiger partial charge >= 0.3 is 0 Å². The Labute approximate surface area is 82.8 Å². The largest absolute Gasteiger partial charge is 0.493 e. The Hall–Kier alpha value is -1.17. The van der Waals surface area contributed by atoms with E-state index < -0.39 is 9.84 Å². The van der Waals surface area contributed by atoms with Crippen LogP contribution < -0.4 is 0 Å². The molecule has 0 saturated heterocycles. The highest BCUT2D eigenvalue weighted by atomic mass is 32.2. The number of rotatable bonds is 2. The van der Waals surface area contributed by atoms with E-state index in [2.05, 4.69) is 9.97 Å². The van der Waals surface area contributed by atoms with Crippen molar-refractivity contribution in [1.29, 1.82) is 0 Å². The van der Waals surface area contributed by atoms with Gasteiger partial charge in [0.25, 0.3) is 0 Å². The van der Waals surface area contributed by atoms with E-state index in [0.717, 1.165) is 6.26 Å². The molecule has 0 aliphatic rings. The molecule has 78 valence electrons. The zero-order valence-corrected chi connectivity index (χ0v) is 9.09. The zero-order valence-electron chi connectivity index (χ0n) is 8.27. The normalized spacial score (nSPS) is 11.6. The zero-order chi connectivity index (χ0) is 10.9. The second-order valence-corrected chi connectivity index (χ2v) is 5.38. The van der Waals surface area contributed by atoms with Crippen molar-refractivity contribution in [2.75, 3.05) is 6.26 Å². The fourth-order valence-electron chi connectivity index (χ4n) is 0.969. The van der Waals surface area contributed by atoms with E-state index in [0.29, 0.717) is 11.3 Å². The van der Waals surface area contributed by atoms with Gasteiger partial charge in [0.15, 0.2) is 9.84 Å². The van der Waals surface area contributed by atoms with Crippen LogP contribution in [0.25, 0.3) is 0 Å². The smallest absolute Gasteiger partial charge is 0.217 e. The van der Waals surface area contributed by atoms with Crippen molar-refractivity contribution in [3.05, 3.63) is 17.1 Å². The third-order valence-corrected chi connectivity index (χ3v) is 2.58. The van der Waals surface area contributed by atoms with Crippen LogP contribution in [0.15, 0.2) is 0 Å². The first-order valence-electron chi connectivity index (χ1n) is 4.00. The average Bonchev–Trinajstić information content (AvgIpc) is 1.96. The summed E-state index contributed by atoms with van der Waals surface area (Å²) in [7, 11) is -3.16. The Balaban J connectivity index is 3.14. The van der Waals surface area contributed by atoms with Crippen LogP contribution in [0.5, 0.6) is 5.88 Å². The van der Waals surface area contributed by atoms with Crippen molar-refractivity contribution in [2.24, 2.45) is 0 Å². The summed E-state index contributed by atoms with van der Waals surface area (Å²) in [6.45, 7) is 3.37. The van der Waals surface area contributed by atoms with Crippen molar-refractivity contribution < 1.29 is 13.5 Å². The SMILES string of the molecule is Cc1nc(CS(C)(=O)=O)nc(O)c1C. The first-order chi connectivity index (χ1) is 6.29. The lowest BCUT2D eigenvalue weighted by atomic mass is 10.2. The Morgan fingerprint density at radius 3 is 2.29 bits per heavy atom.